The average molecular weight is 306 g/mol. The Morgan fingerprint density at radius 3 is 2.36 bits per heavy atom. The Bertz CT molecular complexity index is 511. The number of likely N-dealkylation sites (N-methyl/N-ethyl adjacent to an activating group) is 1. The third-order valence-corrected chi connectivity index (χ3v) is 4.23. The summed E-state index contributed by atoms with van der Waals surface area (Å²) in [4.78, 5) is 16.8. The molecule has 1 heterocycles. The topological polar surface area (TPSA) is 42.0 Å². The molecule has 0 aromatic heterocycles. The van der Waals surface area contributed by atoms with Gasteiger partial charge < -0.3 is 19.3 Å². The highest BCUT2D eigenvalue weighted by molar-refractivity contribution is 5.79. The number of hydrogen-bond acceptors (Lipinski definition) is 4. The van der Waals surface area contributed by atoms with Crippen molar-refractivity contribution in [1.82, 2.24) is 9.80 Å². The molecule has 0 aliphatic carbocycles. The highest BCUT2D eigenvalue weighted by atomic mass is 16.5. The minimum absolute atomic E-state index is 0.0264. The van der Waals surface area contributed by atoms with E-state index >= 15 is 0 Å². The van der Waals surface area contributed by atoms with Gasteiger partial charge in [-0.3, -0.25) is 4.79 Å². The fourth-order valence-electron chi connectivity index (χ4n) is 2.79. The average Bonchev–Trinajstić information content (AvgIpc) is 2.54. The fourth-order valence-corrected chi connectivity index (χ4v) is 2.79. The maximum atomic E-state index is 12.5. The number of benzene rings is 1. The summed E-state index contributed by atoms with van der Waals surface area (Å²) in [7, 11) is 5.34. The lowest BCUT2D eigenvalue weighted by Gasteiger charge is -2.34. The van der Waals surface area contributed by atoms with Crippen molar-refractivity contribution in [1.29, 1.82) is 0 Å². The number of nitrogens with zero attached hydrogens (tertiary/aromatic N) is 2. The fraction of sp³-hybridized carbons (Fsp3) is 0.588. The summed E-state index contributed by atoms with van der Waals surface area (Å²) in [6.07, 6.45) is 0.714. The molecule has 5 heteroatoms. The van der Waals surface area contributed by atoms with E-state index in [9.17, 15) is 4.79 Å². The van der Waals surface area contributed by atoms with Crippen LogP contribution in [0, 0.1) is 5.92 Å². The lowest BCUT2D eigenvalue weighted by atomic mass is 9.99. The van der Waals surface area contributed by atoms with Crippen LogP contribution in [0.1, 0.15) is 12.5 Å². The third kappa shape index (κ3) is 3.91. The molecule has 1 saturated heterocycles. The number of amides is 1. The van der Waals surface area contributed by atoms with Gasteiger partial charge in [-0.1, -0.05) is 13.0 Å². The summed E-state index contributed by atoms with van der Waals surface area (Å²) in [5.74, 6) is 1.63. The molecule has 0 saturated carbocycles. The number of carbonyl (C=O) groups is 1. The summed E-state index contributed by atoms with van der Waals surface area (Å²) < 4.78 is 10.6. The molecule has 1 aromatic carbocycles. The molecule has 1 fully saturated rings. The van der Waals surface area contributed by atoms with Crippen LogP contribution in [0.15, 0.2) is 18.2 Å². The van der Waals surface area contributed by atoms with Gasteiger partial charge in [-0.05, 0) is 31.2 Å². The summed E-state index contributed by atoms with van der Waals surface area (Å²) in [6.45, 7) is 5.55. The highest BCUT2D eigenvalue weighted by Crippen LogP contribution is 2.28. The third-order valence-electron chi connectivity index (χ3n) is 4.23. The predicted octanol–water partition coefficient (Wildman–Crippen LogP) is 1.66. The molecule has 5 nitrogen and oxygen atoms in total. The SMILES string of the molecule is COc1ccc(CC(C)C(=O)N2CCN(C)CC2)cc1OC. The Morgan fingerprint density at radius 2 is 1.77 bits per heavy atom. The molecule has 1 aliphatic rings. The smallest absolute Gasteiger partial charge is 0.225 e. The molecule has 0 bridgehead atoms. The van der Waals surface area contributed by atoms with Gasteiger partial charge in [0.2, 0.25) is 5.91 Å². The van der Waals surface area contributed by atoms with Crippen molar-refractivity contribution in [3.05, 3.63) is 23.8 Å². The quantitative estimate of drug-likeness (QED) is 0.830. The van der Waals surface area contributed by atoms with Gasteiger partial charge in [0.05, 0.1) is 14.2 Å². The molecule has 1 atom stereocenters. The molecule has 1 unspecified atom stereocenters. The van der Waals surface area contributed by atoms with Gasteiger partial charge in [0.1, 0.15) is 0 Å². The number of piperazine rings is 1. The Kier molecular flexibility index (Phi) is 5.66. The van der Waals surface area contributed by atoms with E-state index in [0.29, 0.717) is 17.9 Å². The van der Waals surface area contributed by atoms with Gasteiger partial charge in [-0.2, -0.15) is 0 Å². The van der Waals surface area contributed by atoms with Gasteiger partial charge in [-0.25, -0.2) is 0 Å². The maximum Gasteiger partial charge on any atom is 0.225 e. The van der Waals surface area contributed by atoms with Crippen LogP contribution in [0.2, 0.25) is 0 Å². The molecular weight excluding hydrogens is 280 g/mol. The zero-order valence-electron chi connectivity index (χ0n) is 14.0. The zero-order chi connectivity index (χ0) is 16.1. The largest absolute Gasteiger partial charge is 0.493 e. The monoisotopic (exact) mass is 306 g/mol. The number of hydrogen-bond donors (Lipinski definition) is 0. The van der Waals surface area contributed by atoms with Crippen molar-refractivity contribution in [2.45, 2.75) is 13.3 Å². The second-order valence-electron chi connectivity index (χ2n) is 5.92. The molecule has 0 radical (unpaired) electrons. The van der Waals surface area contributed by atoms with E-state index in [-0.39, 0.29) is 11.8 Å². The van der Waals surface area contributed by atoms with Crippen LogP contribution in [0.3, 0.4) is 0 Å². The highest BCUT2D eigenvalue weighted by Gasteiger charge is 2.24. The Hall–Kier alpha value is -1.75. The van der Waals surface area contributed by atoms with Crippen molar-refractivity contribution < 1.29 is 14.3 Å². The first-order chi connectivity index (χ1) is 10.5. The summed E-state index contributed by atoms with van der Waals surface area (Å²) in [5, 5.41) is 0. The van der Waals surface area contributed by atoms with Gasteiger partial charge in [-0.15, -0.1) is 0 Å². The van der Waals surface area contributed by atoms with Crippen molar-refractivity contribution in [3.8, 4) is 11.5 Å². The Morgan fingerprint density at radius 1 is 1.14 bits per heavy atom. The standard InChI is InChI=1S/C17H26N2O3/c1-13(17(20)19-9-7-18(2)8-10-19)11-14-5-6-15(21-3)16(12-14)22-4/h5-6,12-13H,7-11H2,1-4H3. The van der Waals surface area contributed by atoms with Crippen LogP contribution >= 0.6 is 0 Å². The second-order valence-corrected chi connectivity index (χ2v) is 5.92. The molecule has 22 heavy (non-hydrogen) atoms. The molecule has 2 rings (SSSR count). The van der Waals surface area contributed by atoms with E-state index in [4.69, 9.17) is 9.47 Å². The summed E-state index contributed by atoms with van der Waals surface area (Å²) in [6, 6.07) is 5.84. The van der Waals surface area contributed by atoms with Gasteiger partial charge in [0.15, 0.2) is 11.5 Å². The number of rotatable bonds is 5. The van der Waals surface area contributed by atoms with Gasteiger partial charge in [0.25, 0.3) is 0 Å². The van der Waals surface area contributed by atoms with Crippen molar-refractivity contribution >= 4 is 5.91 Å². The van der Waals surface area contributed by atoms with Crippen LogP contribution < -0.4 is 9.47 Å². The number of methoxy groups -OCH3 is 2. The minimum Gasteiger partial charge on any atom is -0.493 e. The first-order valence-corrected chi connectivity index (χ1v) is 7.73. The minimum atomic E-state index is -0.0264. The maximum absolute atomic E-state index is 12.5. The molecular formula is C17H26N2O3. The second kappa shape index (κ2) is 7.49. The van der Waals surface area contributed by atoms with E-state index in [1.165, 1.54) is 0 Å². The molecule has 0 spiro atoms. The van der Waals surface area contributed by atoms with Crippen LogP contribution in [0.25, 0.3) is 0 Å². The molecule has 0 N–H and O–H groups in total. The molecule has 1 aliphatic heterocycles. The molecule has 122 valence electrons. The molecule has 1 aromatic rings. The number of carbonyl (C=O) groups excluding carboxylic acids is 1. The van der Waals surface area contributed by atoms with E-state index in [1.807, 2.05) is 30.0 Å². The van der Waals surface area contributed by atoms with Gasteiger partial charge in [0, 0.05) is 32.1 Å². The van der Waals surface area contributed by atoms with Crippen LogP contribution in [0.4, 0.5) is 0 Å². The Balaban J connectivity index is 1.99. The lowest BCUT2D eigenvalue weighted by Crippen LogP contribution is -2.48. The molecule has 1 amide bonds. The van der Waals surface area contributed by atoms with Crippen LogP contribution in [-0.4, -0.2) is 63.2 Å². The summed E-state index contributed by atoms with van der Waals surface area (Å²) in [5.41, 5.74) is 1.09. The van der Waals surface area contributed by atoms with E-state index in [1.54, 1.807) is 14.2 Å². The van der Waals surface area contributed by atoms with E-state index < -0.39 is 0 Å². The zero-order valence-corrected chi connectivity index (χ0v) is 14.0. The van der Waals surface area contributed by atoms with E-state index in [0.717, 1.165) is 31.7 Å². The van der Waals surface area contributed by atoms with Crippen LogP contribution in [-0.2, 0) is 11.2 Å². The lowest BCUT2D eigenvalue weighted by molar-refractivity contribution is -0.136. The van der Waals surface area contributed by atoms with E-state index in [2.05, 4.69) is 11.9 Å². The summed E-state index contributed by atoms with van der Waals surface area (Å²) >= 11 is 0. The number of ether oxygens (including phenoxy) is 2. The predicted molar refractivity (Wildman–Crippen MR) is 86.5 cm³/mol. The van der Waals surface area contributed by atoms with Crippen molar-refractivity contribution in [2.75, 3.05) is 47.4 Å². The van der Waals surface area contributed by atoms with Crippen molar-refractivity contribution in [3.63, 3.8) is 0 Å². The van der Waals surface area contributed by atoms with Crippen LogP contribution in [0.5, 0.6) is 11.5 Å². The first kappa shape index (κ1) is 16.6. The Labute approximate surface area is 132 Å². The normalized spacial score (nSPS) is 17.2. The first-order valence-electron chi connectivity index (χ1n) is 7.73. The van der Waals surface area contributed by atoms with Crippen molar-refractivity contribution in [2.24, 2.45) is 5.92 Å². The van der Waals surface area contributed by atoms with Gasteiger partial charge >= 0.3 is 0 Å².